The molecule has 0 saturated carbocycles. The van der Waals surface area contributed by atoms with Crippen LogP contribution in [0.4, 0.5) is 5.69 Å². The molecule has 3 aromatic carbocycles. The van der Waals surface area contributed by atoms with Crippen LogP contribution in [0.3, 0.4) is 0 Å². The lowest BCUT2D eigenvalue weighted by Crippen LogP contribution is -2.20. The molecule has 0 aliphatic heterocycles. The zero-order valence-electron chi connectivity index (χ0n) is 17.6. The van der Waals surface area contributed by atoms with Gasteiger partial charge in [-0.15, -0.1) is 0 Å². The van der Waals surface area contributed by atoms with Crippen molar-refractivity contribution in [2.75, 3.05) is 19.0 Å². The van der Waals surface area contributed by atoms with Gasteiger partial charge >= 0.3 is 0 Å². The summed E-state index contributed by atoms with van der Waals surface area (Å²) in [5.74, 6) is 0.279. The van der Waals surface area contributed by atoms with Crippen LogP contribution in [0.25, 0.3) is 0 Å². The van der Waals surface area contributed by atoms with Crippen molar-refractivity contribution in [1.82, 2.24) is 5.43 Å². The van der Waals surface area contributed by atoms with Gasteiger partial charge in [0.2, 0.25) is 0 Å². The number of benzene rings is 3. The van der Waals surface area contributed by atoms with Gasteiger partial charge in [-0.1, -0.05) is 35.4 Å². The maximum Gasteiger partial charge on any atom is 0.271 e. The fourth-order valence-corrected chi connectivity index (χ4v) is 2.93. The third kappa shape index (κ3) is 6.58. The van der Waals surface area contributed by atoms with Crippen LogP contribution in [-0.2, 0) is 4.79 Å². The number of amides is 2. The molecule has 3 rings (SSSR count). The Kier molecular flexibility index (Phi) is 7.83. The third-order valence-corrected chi connectivity index (χ3v) is 4.66. The van der Waals surface area contributed by atoms with Gasteiger partial charge in [0.1, 0.15) is 11.5 Å². The summed E-state index contributed by atoms with van der Waals surface area (Å²) in [6.07, 6.45) is 1.46. The molecule has 0 aliphatic rings. The number of methoxy groups -OCH3 is 1. The van der Waals surface area contributed by atoms with Crippen LogP contribution in [0.15, 0.2) is 71.8 Å². The average Bonchev–Trinajstić information content (AvgIpc) is 2.80. The van der Waals surface area contributed by atoms with Crippen molar-refractivity contribution in [3.63, 3.8) is 0 Å². The van der Waals surface area contributed by atoms with E-state index in [-0.39, 0.29) is 18.4 Å². The van der Waals surface area contributed by atoms with E-state index in [9.17, 15) is 9.59 Å². The molecular weight excluding hydrogens is 430 g/mol. The third-order valence-electron chi connectivity index (χ3n) is 4.36. The van der Waals surface area contributed by atoms with E-state index in [1.165, 1.54) is 13.3 Å². The minimum Gasteiger partial charge on any atom is -0.497 e. The summed E-state index contributed by atoms with van der Waals surface area (Å²) in [4.78, 5) is 24.2. The van der Waals surface area contributed by atoms with E-state index in [2.05, 4.69) is 15.8 Å². The van der Waals surface area contributed by atoms with Crippen molar-refractivity contribution < 1.29 is 19.1 Å². The fraction of sp³-hybridized carbons (Fsp3) is 0.125. The second kappa shape index (κ2) is 11.0. The number of halogens is 1. The molecule has 7 nitrogen and oxygen atoms in total. The number of hydrogen-bond donors (Lipinski definition) is 2. The van der Waals surface area contributed by atoms with Gasteiger partial charge in [-0.2, -0.15) is 5.10 Å². The molecule has 164 valence electrons. The van der Waals surface area contributed by atoms with Crippen molar-refractivity contribution >= 4 is 35.3 Å². The van der Waals surface area contributed by atoms with Gasteiger partial charge < -0.3 is 14.8 Å². The van der Waals surface area contributed by atoms with Gasteiger partial charge in [-0.25, -0.2) is 5.43 Å². The second-order valence-electron chi connectivity index (χ2n) is 6.82. The normalized spacial score (nSPS) is 10.6. The Morgan fingerprint density at radius 1 is 1.06 bits per heavy atom. The molecule has 0 aliphatic carbocycles. The molecule has 0 aromatic heterocycles. The molecule has 0 heterocycles. The van der Waals surface area contributed by atoms with Crippen LogP contribution >= 0.6 is 11.6 Å². The maximum atomic E-state index is 12.2. The monoisotopic (exact) mass is 451 g/mol. The molecule has 32 heavy (non-hydrogen) atoms. The van der Waals surface area contributed by atoms with E-state index in [1.807, 2.05) is 31.2 Å². The van der Waals surface area contributed by atoms with Crippen LogP contribution in [0, 0.1) is 6.92 Å². The molecule has 8 heteroatoms. The zero-order valence-corrected chi connectivity index (χ0v) is 18.3. The molecule has 0 radical (unpaired) electrons. The highest BCUT2D eigenvalue weighted by atomic mass is 35.5. The first-order valence-corrected chi connectivity index (χ1v) is 10.1. The van der Waals surface area contributed by atoms with E-state index in [1.54, 1.807) is 42.5 Å². The molecule has 0 fully saturated rings. The number of nitrogens with one attached hydrogen (secondary N) is 2. The predicted octanol–water partition coefficient (Wildman–Crippen LogP) is 4.44. The van der Waals surface area contributed by atoms with E-state index in [0.29, 0.717) is 33.3 Å². The topological polar surface area (TPSA) is 89.0 Å². The van der Waals surface area contributed by atoms with Gasteiger partial charge in [0, 0.05) is 11.3 Å². The van der Waals surface area contributed by atoms with Gasteiger partial charge in [0.25, 0.3) is 11.8 Å². The highest BCUT2D eigenvalue weighted by molar-refractivity contribution is 6.32. The first-order valence-electron chi connectivity index (χ1n) is 9.71. The molecule has 2 N–H and O–H groups in total. The summed E-state index contributed by atoms with van der Waals surface area (Å²) in [5.41, 5.74) is 5.32. The predicted molar refractivity (Wildman–Crippen MR) is 125 cm³/mol. The molecule has 0 bridgehead atoms. The highest BCUT2D eigenvalue weighted by Gasteiger charge is 2.08. The summed E-state index contributed by atoms with van der Waals surface area (Å²) in [6.45, 7) is 1.79. The smallest absolute Gasteiger partial charge is 0.271 e. The Hall–Kier alpha value is -3.84. The largest absolute Gasteiger partial charge is 0.497 e. The number of carbonyl (C=O) groups excluding carboxylic acids is 2. The number of hydrogen-bond acceptors (Lipinski definition) is 5. The summed E-state index contributed by atoms with van der Waals surface area (Å²) < 4.78 is 10.6. The molecule has 0 saturated heterocycles. The summed E-state index contributed by atoms with van der Waals surface area (Å²) in [5, 5.41) is 7.01. The van der Waals surface area contributed by atoms with Crippen LogP contribution in [0.5, 0.6) is 11.5 Å². The van der Waals surface area contributed by atoms with Crippen molar-refractivity contribution in [2.45, 2.75) is 6.92 Å². The second-order valence-corrected chi connectivity index (χ2v) is 7.23. The fourth-order valence-electron chi connectivity index (χ4n) is 2.69. The van der Waals surface area contributed by atoms with Crippen molar-refractivity contribution in [1.29, 1.82) is 0 Å². The molecule has 0 unspecified atom stereocenters. The number of nitrogens with zero attached hydrogens (tertiary/aromatic N) is 1. The van der Waals surface area contributed by atoms with Gasteiger partial charge in [-0.05, 0) is 61.0 Å². The van der Waals surface area contributed by atoms with E-state index < -0.39 is 0 Å². The first-order chi connectivity index (χ1) is 15.4. The average molecular weight is 452 g/mol. The molecule has 0 atom stereocenters. The SMILES string of the molecule is COc1cccc(C(=O)N/N=C/c2ccc(OCC(=O)Nc3ccc(C)cc3)c(Cl)c2)c1. The summed E-state index contributed by atoms with van der Waals surface area (Å²) in [7, 11) is 1.53. The van der Waals surface area contributed by atoms with Crippen molar-refractivity contribution in [3.05, 3.63) is 88.4 Å². The lowest BCUT2D eigenvalue weighted by atomic mass is 10.2. The Morgan fingerprint density at radius 2 is 1.84 bits per heavy atom. The van der Waals surface area contributed by atoms with Crippen LogP contribution in [-0.4, -0.2) is 31.7 Å². The lowest BCUT2D eigenvalue weighted by Gasteiger charge is -2.09. The Bertz CT molecular complexity index is 1130. The minimum absolute atomic E-state index is 0.183. The van der Waals surface area contributed by atoms with Crippen LogP contribution < -0.4 is 20.2 Å². The Balaban J connectivity index is 1.52. The van der Waals surface area contributed by atoms with Gasteiger partial charge in [-0.3, -0.25) is 9.59 Å². The van der Waals surface area contributed by atoms with Gasteiger partial charge in [0.05, 0.1) is 18.3 Å². The maximum absolute atomic E-state index is 12.2. The number of carbonyl (C=O) groups is 2. The molecule has 3 aromatic rings. The molecule has 2 amide bonds. The molecular formula is C24H22ClN3O4. The van der Waals surface area contributed by atoms with Crippen LogP contribution in [0.2, 0.25) is 5.02 Å². The quantitative estimate of drug-likeness (QED) is 0.391. The van der Waals surface area contributed by atoms with Crippen molar-refractivity contribution in [3.8, 4) is 11.5 Å². The standard InChI is InChI=1S/C24H22ClN3O4/c1-16-6-9-19(10-7-16)27-23(29)15-32-22-11-8-17(12-21(22)25)14-26-28-24(30)18-4-3-5-20(13-18)31-2/h3-14H,15H2,1-2H3,(H,27,29)(H,28,30)/b26-14+. The summed E-state index contributed by atoms with van der Waals surface area (Å²) in [6, 6.07) is 19.2. The van der Waals surface area contributed by atoms with Gasteiger partial charge in [0.15, 0.2) is 6.61 Å². The van der Waals surface area contributed by atoms with E-state index >= 15 is 0 Å². The zero-order chi connectivity index (χ0) is 22.9. The van der Waals surface area contributed by atoms with E-state index in [0.717, 1.165) is 5.56 Å². The Morgan fingerprint density at radius 3 is 2.56 bits per heavy atom. The first kappa shape index (κ1) is 22.8. The Labute approximate surface area is 191 Å². The number of ether oxygens (including phenoxy) is 2. The minimum atomic E-state index is -0.370. The van der Waals surface area contributed by atoms with Crippen LogP contribution in [0.1, 0.15) is 21.5 Å². The lowest BCUT2D eigenvalue weighted by molar-refractivity contribution is -0.118. The number of rotatable bonds is 8. The highest BCUT2D eigenvalue weighted by Crippen LogP contribution is 2.25. The van der Waals surface area contributed by atoms with E-state index in [4.69, 9.17) is 21.1 Å². The van der Waals surface area contributed by atoms with Crippen molar-refractivity contribution in [2.24, 2.45) is 5.10 Å². The molecule has 0 spiro atoms. The number of anilines is 1. The number of hydrazone groups is 1. The number of aryl methyl sites for hydroxylation is 1. The summed E-state index contributed by atoms with van der Waals surface area (Å²) >= 11 is 6.24.